The third-order valence-corrected chi connectivity index (χ3v) is 2.53. The Morgan fingerprint density at radius 1 is 1.28 bits per heavy atom. The monoisotopic (exact) mass is 250 g/mol. The van der Waals surface area contributed by atoms with Crippen molar-refractivity contribution in [3.8, 4) is 11.6 Å². The van der Waals surface area contributed by atoms with Gasteiger partial charge in [-0.25, -0.2) is 4.98 Å². The van der Waals surface area contributed by atoms with Crippen LogP contribution in [0.5, 0.6) is 11.6 Å². The van der Waals surface area contributed by atoms with E-state index in [4.69, 9.17) is 9.47 Å². The number of rotatable bonds is 4. The summed E-state index contributed by atoms with van der Waals surface area (Å²) in [6.45, 7) is 6.04. The summed E-state index contributed by atoms with van der Waals surface area (Å²) >= 11 is 0. The molecule has 1 aromatic rings. The number of hydrogen-bond acceptors (Lipinski definition) is 4. The number of aromatic nitrogens is 1. The zero-order valence-electron chi connectivity index (χ0n) is 11.9. The van der Waals surface area contributed by atoms with Gasteiger partial charge in [0.15, 0.2) is 5.75 Å². The van der Waals surface area contributed by atoms with Crippen LogP contribution >= 0.6 is 0 Å². The summed E-state index contributed by atoms with van der Waals surface area (Å²) in [5, 5.41) is 0. The molecule has 0 saturated heterocycles. The van der Waals surface area contributed by atoms with Crippen molar-refractivity contribution in [1.82, 2.24) is 4.98 Å². The molecule has 1 saturated carbocycles. The van der Waals surface area contributed by atoms with Gasteiger partial charge in [0.1, 0.15) is 5.60 Å². The van der Waals surface area contributed by atoms with Gasteiger partial charge in [0.2, 0.25) is 5.88 Å². The van der Waals surface area contributed by atoms with Gasteiger partial charge in [-0.3, -0.25) is 0 Å². The van der Waals surface area contributed by atoms with Crippen LogP contribution in [0, 0.1) is 0 Å². The lowest BCUT2D eigenvalue weighted by molar-refractivity contribution is 0.124. The fourth-order valence-corrected chi connectivity index (χ4v) is 1.59. The molecule has 0 unspecified atom stereocenters. The molecule has 100 valence electrons. The van der Waals surface area contributed by atoms with E-state index in [1.54, 1.807) is 6.20 Å². The Hall–Kier alpha value is -1.45. The summed E-state index contributed by atoms with van der Waals surface area (Å²) in [6.07, 6.45) is 4.43. The van der Waals surface area contributed by atoms with Gasteiger partial charge in [-0.05, 0) is 33.6 Å². The summed E-state index contributed by atoms with van der Waals surface area (Å²) in [5.74, 6) is 1.47. The molecule has 0 atom stereocenters. The molecular weight excluding hydrogens is 228 g/mol. The van der Waals surface area contributed by atoms with Crippen molar-refractivity contribution in [1.29, 1.82) is 0 Å². The van der Waals surface area contributed by atoms with Crippen LogP contribution in [-0.2, 0) is 0 Å². The number of hydrogen-bond donors (Lipinski definition) is 0. The maximum Gasteiger partial charge on any atom is 0.216 e. The first-order valence-corrected chi connectivity index (χ1v) is 6.38. The van der Waals surface area contributed by atoms with Crippen LogP contribution in [0.4, 0.5) is 5.69 Å². The molecule has 1 aliphatic rings. The van der Waals surface area contributed by atoms with Gasteiger partial charge in [-0.1, -0.05) is 0 Å². The van der Waals surface area contributed by atoms with Crippen LogP contribution in [0.3, 0.4) is 0 Å². The summed E-state index contributed by atoms with van der Waals surface area (Å²) in [6, 6.07) is 1.93. The lowest BCUT2D eigenvalue weighted by Gasteiger charge is -2.23. The highest BCUT2D eigenvalue weighted by atomic mass is 16.5. The van der Waals surface area contributed by atoms with Crippen molar-refractivity contribution in [2.45, 2.75) is 45.3 Å². The molecule has 0 N–H and O–H groups in total. The van der Waals surface area contributed by atoms with E-state index in [9.17, 15) is 0 Å². The van der Waals surface area contributed by atoms with E-state index >= 15 is 0 Å². The van der Waals surface area contributed by atoms with Crippen molar-refractivity contribution < 1.29 is 9.47 Å². The third kappa shape index (κ3) is 3.52. The van der Waals surface area contributed by atoms with E-state index in [0.717, 1.165) is 24.3 Å². The van der Waals surface area contributed by atoms with Crippen molar-refractivity contribution in [3.63, 3.8) is 0 Å². The topological polar surface area (TPSA) is 34.6 Å². The van der Waals surface area contributed by atoms with Crippen LogP contribution in [0.2, 0.25) is 0 Å². The van der Waals surface area contributed by atoms with Gasteiger partial charge in [-0.15, -0.1) is 0 Å². The molecule has 1 fully saturated rings. The maximum atomic E-state index is 5.84. The van der Waals surface area contributed by atoms with Crippen molar-refractivity contribution in [2.75, 3.05) is 19.0 Å². The second-order valence-corrected chi connectivity index (χ2v) is 5.92. The summed E-state index contributed by atoms with van der Waals surface area (Å²) in [7, 11) is 3.99. The number of pyridine rings is 1. The second kappa shape index (κ2) is 4.67. The molecule has 0 radical (unpaired) electrons. The number of ether oxygens (including phenoxy) is 2. The molecule has 4 heteroatoms. The summed E-state index contributed by atoms with van der Waals surface area (Å²) < 4.78 is 11.6. The quantitative estimate of drug-likeness (QED) is 0.823. The highest BCUT2D eigenvalue weighted by Gasteiger charge is 2.25. The molecule has 0 spiro atoms. The molecule has 1 heterocycles. The largest absolute Gasteiger partial charge is 0.487 e. The molecule has 0 aromatic carbocycles. The molecular formula is C14H22N2O2. The van der Waals surface area contributed by atoms with E-state index in [1.807, 2.05) is 45.8 Å². The van der Waals surface area contributed by atoms with Crippen molar-refractivity contribution >= 4 is 5.69 Å². The normalized spacial score (nSPS) is 15.4. The summed E-state index contributed by atoms with van der Waals surface area (Å²) in [4.78, 5) is 6.34. The highest BCUT2D eigenvalue weighted by Crippen LogP contribution is 2.35. The Morgan fingerprint density at radius 2 is 1.94 bits per heavy atom. The van der Waals surface area contributed by atoms with Crippen LogP contribution in [0.25, 0.3) is 0 Å². The van der Waals surface area contributed by atoms with Crippen LogP contribution in [0.1, 0.15) is 33.6 Å². The van der Waals surface area contributed by atoms with Gasteiger partial charge in [-0.2, -0.15) is 0 Å². The Balaban J connectivity index is 2.21. The third-order valence-electron chi connectivity index (χ3n) is 2.53. The van der Waals surface area contributed by atoms with Gasteiger partial charge < -0.3 is 14.4 Å². The zero-order valence-corrected chi connectivity index (χ0v) is 11.9. The molecule has 4 nitrogen and oxygen atoms in total. The Labute approximate surface area is 109 Å². The predicted octanol–water partition coefficient (Wildman–Crippen LogP) is 2.87. The molecule has 18 heavy (non-hydrogen) atoms. The minimum absolute atomic E-state index is 0.241. The van der Waals surface area contributed by atoms with E-state index < -0.39 is 0 Å². The smallest absolute Gasteiger partial charge is 0.216 e. The predicted molar refractivity (Wildman–Crippen MR) is 72.6 cm³/mol. The SMILES string of the molecule is CN(C)c1cc(OC(C)(C)C)ncc1OC1CC1. The van der Waals surface area contributed by atoms with Crippen molar-refractivity contribution in [2.24, 2.45) is 0 Å². The zero-order chi connectivity index (χ0) is 13.3. The number of anilines is 1. The van der Waals surface area contributed by atoms with E-state index in [2.05, 4.69) is 4.98 Å². The van der Waals surface area contributed by atoms with Gasteiger partial charge in [0.05, 0.1) is 18.0 Å². The average molecular weight is 250 g/mol. The molecule has 2 rings (SSSR count). The van der Waals surface area contributed by atoms with Crippen molar-refractivity contribution in [3.05, 3.63) is 12.3 Å². The highest BCUT2D eigenvalue weighted by molar-refractivity contribution is 5.58. The molecule has 0 aliphatic heterocycles. The Morgan fingerprint density at radius 3 is 2.44 bits per heavy atom. The fourth-order valence-electron chi connectivity index (χ4n) is 1.59. The lowest BCUT2D eigenvalue weighted by Crippen LogP contribution is -2.24. The Bertz CT molecular complexity index is 420. The minimum Gasteiger partial charge on any atom is -0.487 e. The van der Waals surface area contributed by atoms with E-state index in [-0.39, 0.29) is 5.60 Å². The lowest BCUT2D eigenvalue weighted by atomic mass is 10.2. The molecule has 0 amide bonds. The first-order chi connectivity index (χ1) is 8.35. The molecule has 1 aromatic heterocycles. The first kappa shape index (κ1) is 13.0. The summed E-state index contributed by atoms with van der Waals surface area (Å²) in [5.41, 5.74) is 0.770. The minimum atomic E-state index is -0.241. The standard InChI is InChI=1S/C14H22N2O2/c1-14(2,3)18-13-8-11(16(4)5)12(9-15-13)17-10-6-7-10/h8-10H,6-7H2,1-5H3. The second-order valence-electron chi connectivity index (χ2n) is 5.92. The van der Waals surface area contributed by atoms with Gasteiger partial charge in [0, 0.05) is 20.2 Å². The van der Waals surface area contributed by atoms with Crippen LogP contribution < -0.4 is 14.4 Å². The van der Waals surface area contributed by atoms with E-state index in [1.165, 1.54) is 0 Å². The fraction of sp³-hybridized carbons (Fsp3) is 0.643. The average Bonchev–Trinajstić information content (AvgIpc) is 3.01. The number of nitrogens with zero attached hydrogens (tertiary/aromatic N) is 2. The Kier molecular flexibility index (Phi) is 3.37. The molecule has 1 aliphatic carbocycles. The molecule has 0 bridgehead atoms. The first-order valence-electron chi connectivity index (χ1n) is 6.38. The van der Waals surface area contributed by atoms with E-state index in [0.29, 0.717) is 12.0 Å². The maximum absolute atomic E-state index is 5.84. The van der Waals surface area contributed by atoms with Crippen LogP contribution in [0.15, 0.2) is 12.3 Å². The van der Waals surface area contributed by atoms with Gasteiger partial charge in [0.25, 0.3) is 0 Å². The van der Waals surface area contributed by atoms with Gasteiger partial charge >= 0.3 is 0 Å². The van der Waals surface area contributed by atoms with Crippen LogP contribution in [-0.4, -0.2) is 30.8 Å².